The van der Waals surface area contributed by atoms with Crippen molar-refractivity contribution in [2.45, 2.75) is 0 Å². The second kappa shape index (κ2) is 1.65. The van der Waals surface area contributed by atoms with Crippen molar-refractivity contribution in [3.05, 3.63) is 30.3 Å². The van der Waals surface area contributed by atoms with Gasteiger partial charge < -0.3 is 5.11 Å². The van der Waals surface area contributed by atoms with Crippen LogP contribution in [0.1, 0.15) is 1.37 Å². The molecule has 1 N–H and O–H groups in total. The number of para-hydroxylation sites is 1. The molecule has 0 aliphatic rings. The minimum absolute atomic E-state index is 0.243. The molecule has 0 fully saturated rings. The van der Waals surface area contributed by atoms with Gasteiger partial charge in [-0.3, -0.25) is 0 Å². The van der Waals surface area contributed by atoms with Gasteiger partial charge in [0.2, 0.25) is 0 Å². The Balaban J connectivity index is 3.01. The maximum absolute atomic E-state index is 7.13. The molecule has 0 unspecified atom stereocenters. The third-order valence-corrected chi connectivity index (χ3v) is 0.681. The molecule has 1 heteroatoms. The SMILES string of the molecule is [2H]Oc1ccccc1[2H]. The van der Waals surface area contributed by atoms with E-state index in [9.17, 15) is 0 Å². The summed E-state index contributed by atoms with van der Waals surface area (Å²) in [7, 11) is 0. The molecule has 0 bridgehead atoms. The fraction of sp³-hybridized carbons (Fsp3) is 0. The second-order valence-corrected chi connectivity index (χ2v) is 1.23. The predicted octanol–water partition coefficient (Wildman–Crippen LogP) is 1.39. The Morgan fingerprint density at radius 3 is 3.14 bits per heavy atom. The average molecular weight is 96.1 g/mol. The van der Waals surface area contributed by atoms with Crippen molar-refractivity contribution in [2.75, 3.05) is 0 Å². The summed E-state index contributed by atoms with van der Waals surface area (Å²) >= 11 is 0. The molecule has 0 spiro atoms. The summed E-state index contributed by atoms with van der Waals surface area (Å²) < 4.78 is 13.6. The Hall–Kier alpha value is -0.980. The first-order chi connectivity index (χ1) is 4.34. The number of phenols is 1. The molecule has 0 saturated carbocycles. The Morgan fingerprint density at radius 1 is 1.57 bits per heavy atom. The van der Waals surface area contributed by atoms with Crippen LogP contribution in [0.25, 0.3) is 0 Å². The number of rotatable bonds is 1. The van der Waals surface area contributed by atoms with Gasteiger partial charge in [0.1, 0.15) is 5.75 Å². The first-order valence-corrected chi connectivity index (χ1v) is 2.03. The van der Waals surface area contributed by atoms with Crippen LogP contribution in [-0.2, 0) is 0 Å². The van der Waals surface area contributed by atoms with E-state index in [2.05, 4.69) is 5.11 Å². The molecule has 0 heterocycles. The highest BCUT2D eigenvalue weighted by molar-refractivity contribution is 5.18. The highest BCUT2D eigenvalue weighted by Gasteiger charge is 1.74. The zero-order chi connectivity index (χ0) is 6.69. The van der Waals surface area contributed by atoms with E-state index in [1.54, 1.807) is 24.3 Å². The standard InChI is InChI=1S/C6H6O/c7-6-4-2-1-3-5-6/h1-5,7H/i4D/hD. The monoisotopic (exact) mass is 96.1 g/mol. The smallest absolute Gasteiger partial charge is 0.293 e. The van der Waals surface area contributed by atoms with Crippen LogP contribution in [-0.4, -0.2) is 6.54 Å². The largest absolute Gasteiger partial charge is 0.508 e. The van der Waals surface area contributed by atoms with E-state index in [4.69, 9.17) is 2.80 Å². The molecule has 0 amide bonds. The Kier molecular flexibility index (Phi) is 0.555. The lowest BCUT2D eigenvalue weighted by Gasteiger charge is -1.82. The van der Waals surface area contributed by atoms with E-state index >= 15 is 0 Å². The molecular weight excluding hydrogens is 88.1 g/mol. The van der Waals surface area contributed by atoms with Crippen LogP contribution in [0.5, 0.6) is 5.75 Å². The van der Waals surface area contributed by atoms with Crippen LogP contribution in [0.2, 0.25) is 0 Å². The molecule has 0 saturated heterocycles. The molecule has 0 aliphatic heterocycles. The number of benzene rings is 1. The maximum atomic E-state index is 7.13. The lowest BCUT2D eigenvalue weighted by Crippen LogP contribution is -1.56. The average Bonchev–Trinajstić information content (AvgIpc) is 1.89. The van der Waals surface area contributed by atoms with Crippen molar-refractivity contribution < 1.29 is 6.48 Å². The first kappa shape index (κ1) is 2.36. The molecule has 1 nitrogen and oxygen atoms in total. The number of aromatic hydroxyl groups is 1. The van der Waals surface area contributed by atoms with Gasteiger partial charge in [-0.25, -0.2) is 0 Å². The van der Waals surface area contributed by atoms with E-state index in [-0.39, 0.29) is 11.8 Å². The van der Waals surface area contributed by atoms with Crippen molar-refractivity contribution in [1.82, 2.24) is 0 Å². The molecule has 1 rings (SSSR count). The molecule has 0 aliphatic carbocycles. The quantitative estimate of drug-likeness (QED) is 0.560. The highest BCUT2D eigenvalue weighted by Crippen LogP contribution is 2.02. The third kappa shape index (κ3) is 0.929. The van der Waals surface area contributed by atoms with Crippen LogP contribution in [0.4, 0.5) is 0 Å². The molecule has 1 aromatic rings. The van der Waals surface area contributed by atoms with E-state index in [0.29, 0.717) is 0 Å². The Bertz CT molecular complexity index is 200. The molecule has 0 atom stereocenters. The Labute approximate surface area is 45.1 Å². The third-order valence-electron chi connectivity index (χ3n) is 0.681. The number of hydrogen-bond donors (Lipinski definition) is 1. The molecule has 7 heavy (non-hydrogen) atoms. The van der Waals surface area contributed by atoms with Crippen molar-refractivity contribution in [2.24, 2.45) is 0 Å². The fourth-order valence-electron chi connectivity index (χ4n) is 0.377. The van der Waals surface area contributed by atoms with Crippen molar-refractivity contribution in [3.63, 3.8) is 0 Å². The van der Waals surface area contributed by atoms with E-state index in [1.165, 1.54) is 0 Å². The fourth-order valence-corrected chi connectivity index (χ4v) is 0.377. The molecule has 1 aromatic carbocycles. The minimum atomic E-state index is 0.243. The normalized spacial score (nSPS) is 12.0. The van der Waals surface area contributed by atoms with Gasteiger partial charge in [0.15, 0.2) is 0 Å². The van der Waals surface area contributed by atoms with Crippen molar-refractivity contribution >= 4 is 0 Å². The van der Waals surface area contributed by atoms with Gasteiger partial charge in [0.05, 0.1) is 1.37 Å². The van der Waals surface area contributed by atoms with Crippen LogP contribution in [0.15, 0.2) is 30.3 Å². The van der Waals surface area contributed by atoms with E-state index in [0.717, 1.165) is 0 Å². The lowest BCUT2D eigenvalue weighted by molar-refractivity contribution is 0.475. The summed E-state index contributed by atoms with van der Waals surface area (Å²) in [6, 6.07) is 6.85. The van der Waals surface area contributed by atoms with Gasteiger partial charge in [-0.15, -0.1) is 0 Å². The molecule has 0 radical (unpaired) electrons. The highest BCUT2D eigenvalue weighted by atomic mass is 16.3. The summed E-state index contributed by atoms with van der Waals surface area (Å²) in [5.74, 6) is 0.289. The van der Waals surface area contributed by atoms with Gasteiger partial charge >= 0.3 is 0 Å². The van der Waals surface area contributed by atoms with Crippen molar-refractivity contribution in [1.29, 1.82) is 1.43 Å². The van der Waals surface area contributed by atoms with Crippen molar-refractivity contribution in [3.8, 4) is 5.75 Å². The number of hydrogen-bond acceptors (Lipinski definition) is 1. The first-order valence-electron chi connectivity index (χ1n) is 2.94. The van der Waals surface area contributed by atoms with Gasteiger partial charge in [-0.2, -0.15) is 0 Å². The summed E-state index contributed by atoms with van der Waals surface area (Å²) in [5, 5.41) is 4.11. The van der Waals surface area contributed by atoms with Gasteiger partial charge in [0, 0.05) is 0 Å². The zero-order valence-corrected chi connectivity index (χ0v) is 3.72. The summed E-state index contributed by atoms with van der Waals surface area (Å²) in [4.78, 5) is 0. The summed E-state index contributed by atoms with van der Waals surface area (Å²) in [6.45, 7) is 0. The van der Waals surface area contributed by atoms with E-state index in [1.807, 2.05) is 0 Å². The van der Waals surface area contributed by atoms with Crippen LogP contribution in [0, 0.1) is 0 Å². The summed E-state index contributed by atoms with van der Waals surface area (Å²) in [5.41, 5.74) is 0. The van der Waals surface area contributed by atoms with Crippen LogP contribution >= 0.6 is 0 Å². The molecule has 36 valence electrons. The van der Waals surface area contributed by atoms with Gasteiger partial charge in [-0.1, -0.05) is 18.2 Å². The zero-order valence-electron chi connectivity index (χ0n) is 5.72. The molecule has 0 aromatic heterocycles. The lowest BCUT2D eigenvalue weighted by atomic mass is 10.3. The van der Waals surface area contributed by atoms with Crippen LogP contribution < -0.4 is 0 Å². The summed E-state index contributed by atoms with van der Waals surface area (Å²) in [6.07, 6.45) is 0. The Morgan fingerprint density at radius 2 is 2.57 bits per heavy atom. The molecular formula is C6H6O. The topological polar surface area (TPSA) is 20.2 Å². The van der Waals surface area contributed by atoms with E-state index < -0.39 is 0 Å². The minimum Gasteiger partial charge on any atom is -0.508 e. The van der Waals surface area contributed by atoms with Crippen LogP contribution in [0.3, 0.4) is 0 Å². The van der Waals surface area contributed by atoms with Gasteiger partial charge in [-0.05, 0) is 12.1 Å². The predicted molar refractivity (Wildman–Crippen MR) is 28.1 cm³/mol. The second-order valence-electron chi connectivity index (χ2n) is 1.23. The number of phenolic OH excluding ortho intramolecular Hbond substituents is 1. The maximum Gasteiger partial charge on any atom is 0.293 e. The van der Waals surface area contributed by atoms with Gasteiger partial charge in [0.25, 0.3) is 1.43 Å².